The van der Waals surface area contributed by atoms with Crippen molar-refractivity contribution in [2.75, 3.05) is 18.4 Å². The molecule has 0 aliphatic carbocycles. The van der Waals surface area contributed by atoms with Crippen molar-refractivity contribution in [3.8, 4) is 0 Å². The number of carbonyl (C=O) groups excluding carboxylic acids is 2. The normalized spacial score (nSPS) is 12.3. The molecule has 0 unspecified atom stereocenters. The van der Waals surface area contributed by atoms with Gasteiger partial charge >= 0.3 is 0 Å². The van der Waals surface area contributed by atoms with Crippen molar-refractivity contribution in [1.29, 1.82) is 0 Å². The van der Waals surface area contributed by atoms with E-state index >= 15 is 0 Å². The highest BCUT2D eigenvalue weighted by molar-refractivity contribution is 5.95. The lowest BCUT2D eigenvalue weighted by Gasteiger charge is -2.35. The summed E-state index contributed by atoms with van der Waals surface area (Å²) in [4.78, 5) is 26.7. The fourth-order valence-corrected chi connectivity index (χ4v) is 2.77. The van der Waals surface area contributed by atoms with Crippen LogP contribution in [0, 0.1) is 5.82 Å². The number of benzene rings is 2. The second-order valence-corrected chi connectivity index (χ2v) is 7.72. The topological polar surface area (TPSA) is 61.4 Å². The highest BCUT2D eigenvalue weighted by Gasteiger charge is 2.28. The number of hydrogen-bond acceptors (Lipinski definition) is 3. The summed E-state index contributed by atoms with van der Waals surface area (Å²) in [7, 11) is 0. The van der Waals surface area contributed by atoms with Crippen LogP contribution < -0.4 is 10.6 Å². The van der Waals surface area contributed by atoms with E-state index < -0.39 is 5.54 Å². The summed E-state index contributed by atoms with van der Waals surface area (Å²) < 4.78 is 13.0. The summed E-state index contributed by atoms with van der Waals surface area (Å²) >= 11 is 0. The number of halogens is 1. The molecule has 2 amide bonds. The molecule has 2 N–H and O–H groups in total. The third kappa shape index (κ3) is 6.46. The lowest BCUT2D eigenvalue weighted by Crippen LogP contribution is -2.52. The lowest BCUT2D eigenvalue weighted by atomic mass is 10.1. The van der Waals surface area contributed by atoms with Crippen LogP contribution in [0.1, 0.15) is 39.3 Å². The van der Waals surface area contributed by atoms with Gasteiger partial charge in [0, 0.05) is 17.3 Å². The third-order valence-electron chi connectivity index (χ3n) is 4.40. The molecule has 0 spiro atoms. The minimum absolute atomic E-state index is 0.0139. The van der Waals surface area contributed by atoms with E-state index in [2.05, 4.69) is 10.6 Å². The van der Waals surface area contributed by atoms with Crippen LogP contribution in [0.5, 0.6) is 0 Å². The van der Waals surface area contributed by atoms with E-state index in [0.29, 0.717) is 5.69 Å². The van der Waals surface area contributed by atoms with Gasteiger partial charge in [0.25, 0.3) is 0 Å². The highest BCUT2D eigenvalue weighted by Crippen LogP contribution is 2.16. The van der Waals surface area contributed by atoms with Crippen molar-refractivity contribution in [1.82, 2.24) is 10.2 Å². The number of hydrogen-bond donors (Lipinski definition) is 2. The zero-order valence-corrected chi connectivity index (χ0v) is 16.8. The molecule has 0 radical (unpaired) electrons. The molecule has 6 heteroatoms. The molecule has 28 heavy (non-hydrogen) atoms. The summed E-state index contributed by atoms with van der Waals surface area (Å²) in [5.41, 5.74) is 1.06. The second-order valence-electron chi connectivity index (χ2n) is 7.72. The molecular weight excluding hydrogens is 357 g/mol. The first kappa shape index (κ1) is 21.6. The number of nitrogens with zero attached hydrogens (tertiary/aromatic N) is 1. The smallest absolute Gasteiger partial charge is 0.244 e. The van der Waals surface area contributed by atoms with Crippen LogP contribution in [0.15, 0.2) is 54.6 Å². The van der Waals surface area contributed by atoms with Gasteiger partial charge < -0.3 is 15.5 Å². The third-order valence-corrected chi connectivity index (χ3v) is 4.40. The van der Waals surface area contributed by atoms with Crippen LogP contribution in [0.4, 0.5) is 10.1 Å². The zero-order chi connectivity index (χ0) is 20.7. The first-order chi connectivity index (χ1) is 13.2. The number of carbonyl (C=O) groups is 2. The van der Waals surface area contributed by atoms with E-state index in [1.54, 1.807) is 0 Å². The Kier molecular flexibility index (Phi) is 7.29. The first-order valence-electron chi connectivity index (χ1n) is 9.31. The second kappa shape index (κ2) is 9.46. The largest absolute Gasteiger partial charge is 0.327 e. The average Bonchev–Trinajstić information content (AvgIpc) is 2.65. The Morgan fingerprint density at radius 3 is 2.21 bits per heavy atom. The van der Waals surface area contributed by atoms with Gasteiger partial charge in [-0.1, -0.05) is 30.3 Å². The molecule has 0 heterocycles. The van der Waals surface area contributed by atoms with Crippen LogP contribution in [0.3, 0.4) is 0 Å². The molecule has 2 rings (SSSR count). The van der Waals surface area contributed by atoms with E-state index in [1.807, 2.05) is 58.0 Å². The van der Waals surface area contributed by atoms with Crippen molar-refractivity contribution in [3.05, 3.63) is 66.0 Å². The molecule has 0 saturated heterocycles. The number of rotatable bonds is 7. The first-order valence-corrected chi connectivity index (χ1v) is 9.31. The van der Waals surface area contributed by atoms with Gasteiger partial charge in [0.05, 0.1) is 6.54 Å². The Hall–Kier alpha value is -2.73. The number of nitrogens with one attached hydrogen (secondary N) is 2. The number of anilines is 1. The Bertz CT molecular complexity index is 786. The molecule has 2 aromatic rings. The van der Waals surface area contributed by atoms with Crippen LogP contribution in [0.25, 0.3) is 0 Å². The quantitative estimate of drug-likeness (QED) is 0.763. The van der Waals surface area contributed by atoms with Crippen molar-refractivity contribution < 1.29 is 14.0 Å². The Morgan fingerprint density at radius 2 is 1.64 bits per heavy atom. The van der Waals surface area contributed by atoms with E-state index in [4.69, 9.17) is 0 Å². The van der Waals surface area contributed by atoms with Gasteiger partial charge in [0.15, 0.2) is 0 Å². The summed E-state index contributed by atoms with van der Waals surface area (Å²) in [5.74, 6) is -0.862. The predicted octanol–water partition coefficient (Wildman–Crippen LogP) is 3.74. The monoisotopic (exact) mass is 385 g/mol. The summed E-state index contributed by atoms with van der Waals surface area (Å²) in [6.07, 6.45) is 0. The Morgan fingerprint density at radius 1 is 1.04 bits per heavy atom. The van der Waals surface area contributed by atoms with E-state index in [9.17, 15) is 14.0 Å². The maximum Gasteiger partial charge on any atom is 0.244 e. The van der Waals surface area contributed by atoms with Crippen LogP contribution in [-0.4, -0.2) is 35.3 Å². The van der Waals surface area contributed by atoms with Gasteiger partial charge in [0.1, 0.15) is 12.4 Å². The molecule has 0 saturated carbocycles. The lowest BCUT2D eigenvalue weighted by molar-refractivity contribution is -0.138. The van der Waals surface area contributed by atoms with E-state index in [1.165, 1.54) is 29.2 Å². The van der Waals surface area contributed by atoms with Crippen molar-refractivity contribution in [2.24, 2.45) is 0 Å². The predicted molar refractivity (Wildman–Crippen MR) is 109 cm³/mol. The van der Waals surface area contributed by atoms with Crippen LogP contribution in [-0.2, 0) is 9.59 Å². The molecule has 0 aromatic heterocycles. The summed E-state index contributed by atoms with van der Waals surface area (Å²) in [5, 5.41) is 5.91. The zero-order valence-electron chi connectivity index (χ0n) is 16.8. The van der Waals surface area contributed by atoms with Crippen molar-refractivity contribution in [3.63, 3.8) is 0 Å². The van der Waals surface area contributed by atoms with Crippen molar-refractivity contribution >= 4 is 17.5 Å². The van der Waals surface area contributed by atoms with Crippen LogP contribution >= 0.6 is 0 Å². The Balaban J connectivity index is 1.97. The van der Waals surface area contributed by atoms with Gasteiger partial charge in [-0.25, -0.2) is 4.39 Å². The molecule has 2 aromatic carbocycles. The van der Waals surface area contributed by atoms with Gasteiger partial charge in [0.2, 0.25) is 11.8 Å². The molecule has 0 aliphatic rings. The summed E-state index contributed by atoms with van der Waals surface area (Å²) in [6.45, 7) is 7.69. The summed E-state index contributed by atoms with van der Waals surface area (Å²) in [6, 6.07) is 15.4. The van der Waals surface area contributed by atoms with Gasteiger partial charge in [-0.2, -0.15) is 0 Å². The maximum absolute atomic E-state index is 13.0. The molecule has 0 aliphatic heterocycles. The molecule has 150 valence electrons. The molecule has 0 fully saturated rings. The Labute approximate surface area is 165 Å². The standard InChI is InChI=1S/C22H28FN3O2/c1-16(17-8-6-5-7-9-17)24-14-21(28)26(22(2,3)4)15-20(27)25-19-12-10-18(23)11-13-19/h5-13,16,24H,14-15H2,1-4H3,(H,25,27)/t16-/m0/s1. The molecular formula is C22H28FN3O2. The maximum atomic E-state index is 13.0. The minimum Gasteiger partial charge on any atom is -0.327 e. The average molecular weight is 385 g/mol. The fraction of sp³-hybridized carbons (Fsp3) is 0.364. The van der Waals surface area contributed by atoms with Gasteiger partial charge in [-0.3, -0.25) is 9.59 Å². The van der Waals surface area contributed by atoms with Gasteiger partial charge in [-0.15, -0.1) is 0 Å². The number of amides is 2. The SMILES string of the molecule is C[C@H](NCC(=O)N(CC(=O)Nc1ccc(F)cc1)C(C)(C)C)c1ccccc1. The van der Waals surface area contributed by atoms with Gasteiger partial charge in [-0.05, 0) is 57.5 Å². The fourth-order valence-electron chi connectivity index (χ4n) is 2.77. The highest BCUT2D eigenvalue weighted by atomic mass is 19.1. The molecule has 1 atom stereocenters. The van der Waals surface area contributed by atoms with Crippen LogP contribution in [0.2, 0.25) is 0 Å². The van der Waals surface area contributed by atoms with E-state index in [-0.39, 0.29) is 36.8 Å². The molecule has 0 bridgehead atoms. The minimum atomic E-state index is -0.519. The van der Waals surface area contributed by atoms with E-state index in [0.717, 1.165) is 5.56 Å². The molecule has 5 nitrogen and oxygen atoms in total. The van der Waals surface area contributed by atoms with Crippen molar-refractivity contribution in [2.45, 2.75) is 39.3 Å².